The Morgan fingerprint density at radius 2 is 2.05 bits per heavy atom. The number of rotatable bonds is 3. The zero-order chi connectivity index (χ0) is 14.8. The molecule has 0 bridgehead atoms. The highest BCUT2D eigenvalue weighted by molar-refractivity contribution is 9.10. The Balaban J connectivity index is 2.11. The van der Waals surface area contributed by atoms with Crippen LogP contribution in [0.25, 0.3) is 0 Å². The molecule has 0 amide bonds. The van der Waals surface area contributed by atoms with Crippen molar-refractivity contribution in [2.75, 3.05) is 6.54 Å². The molecule has 112 valence electrons. The predicted molar refractivity (Wildman–Crippen MR) is 74.5 cm³/mol. The Kier molecular flexibility index (Phi) is 4.96. The lowest BCUT2D eigenvalue weighted by molar-refractivity contribution is -0.274. The van der Waals surface area contributed by atoms with Crippen LogP contribution >= 0.6 is 15.9 Å². The van der Waals surface area contributed by atoms with E-state index < -0.39 is 6.36 Å². The lowest BCUT2D eigenvalue weighted by Gasteiger charge is -2.33. The van der Waals surface area contributed by atoms with E-state index in [1.54, 1.807) is 0 Å². The van der Waals surface area contributed by atoms with Gasteiger partial charge in [0, 0.05) is 17.1 Å². The monoisotopic (exact) mass is 351 g/mol. The number of benzene rings is 1. The molecule has 1 aliphatic heterocycles. The number of halogens is 4. The van der Waals surface area contributed by atoms with E-state index in [-0.39, 0.29) is 5.75 Å². The van der Waals surface area contributed by atoms with Crippen LogP contribution in [0.5, 0.6) is 5.75 Å². The van der Waals surface area contributed by atoms with Gasteiger partial charge < -0.3 is 4.74 Å². The van der Waals surface area contributed by atoms with E-state index in [2.05, 4.69) is 32.5 Å². The maximum Gasteiger partial charge on any atom is 0.573 e. The third kappa shape index (κ3) is 4.66. The predicted octanol–water partition coefficient (Wildman–Crippen LogP) is 4.72. The van der Waals surface area contributed by atoms with E-state index in [0.29, 0.717) is 17.1 Å². The maximum atomic E-state index is 12.3. The van der Waals surface area contributed by atoms with Gasteiger partial charge in [-0.1, -0.05) is 22.4 Å². The van der Waals surface area contributed by atoms with Gasteiger partial charge in [0.15, 0.2) is 0 Å². The zero-order valence-electron chi connectivity index (χ0n) is 11.2. The molecular formula is C14H17BrF3NO. The van der Waals surface area contributed by atoms with Gasteiger partial charge in [-0.25, -0.2) is 0 Å². The summed E-state index contributed by atoms with van der Waals surface area (Å²) in [5, 5.41) is 0. The van der Waals surface area contributed by atoms with E-state index in [4.69, 9.17) is 0 Å². The van der Waals surface area contributed by atoms with Crippen LogP contribution in [0.3, 0.4) is 0 Å². The van der Waals surface area contributed by atoms with Crippen LogP contribution in [0.1, 0.15) is 31.7 Å². The molecule has 0 spiro atoms. The number of alkyl halides is 3. The first-order valence-electron chi connectivity index (χ1n) is 6.63. The Morgan fingerprint density at radius 1 is 1.30 bits per heavy atom. The molecule has 0 saturated carbocycles. The fraction of sp³-hybridized carbons (Fsp3) is 0.571. The first kappa shape index (κ1) is 15.6. The summed E-state index contributed by atoms with van der Waals surface area (Å²) in [5.41, 5.74) is 0.826. The van der Waals surface area contributed by atoms with E-state index in [0.717, 1.165) is 24.9 Å². The summed E-state index contributed by atoms with van der Waals surface area (Å²) >= 11 is 3.23. The smallest absolute Gasteiger partial charge is 0.406 e. The van der Waals surface area contributed by atoms with Crippen molar-refractivity contribution >= 4 is 15.9 Å². The SMILES string of the molecule is CC1CCCCN1Cc1cc(Br)cc(OC(F)(F)F)c1. The first-order chi connectivity index (χ1) is 9.33. The average molecular weight is 352 g/mol. The van der Waals surface area contributed by atoms with Crippen molar-refractivity contribution in [3.63, 3.8) is 0 Å². The highest BCUT2D eigenvalue weighted by Crippen LogP contribution is 2.28. The molecule has 1 aromatic carbocycles. The molecule has 1 aromatic rings. The molecule has 1 unspecified atom stereocenters. The molecule has 1 fully saturated rings. The molecule has 2 rings (SSSR count). The van der Waals surface area contributed by atoms with E-state index >= 15 is 0 Å². The largest absolute Gasteiger partial charge is 0.573 e. The lowest BCUT2D eigenvalue weighted by atomic mass is 10.0. The van der Waals surface area contributed by atoms with Gasteiger partial charge in [-0.05, 0) is 50.1 Å². The van der Waals surface area contributed by atoms with Crippen molar-refractivity contribution in [3.05, 3.63) is 28.2 Å². The molecule has 0 N–H and O–H groups in total. The van der Waals surface area contributed by atoms with Crippen LogP contribution in [-0.2, 0) is 6.54 Å². The Labute approximate surface area is 125 Å². The number of ether oxygens (including phenoxy) is 1. The van der Waals surface area contributed by atoms with Crippen molar-refractivity contribution in [1.82, 2.24) is 4.90 Å². The summed E-state index contributed by atoms with van der Waals surface area (Å²) in [6.07, 6.45) is -1.15. The highest BCUT2D eigenvalue weighted by Gasteiger charge is 2.31. The molecule has 1 atom stereocenters. The van der Waals surface area contributed by atoms with E-state index in [9.17, 15) is 13.2 Å². The third-order valence-electron chi connectivity index (χ3n) is 3.49. The van der Waals surface area contributed by atoms with Crippen molar-refractivity contribution in [2.24, 2.45) is 0 Å². The second-order valence-electron chi connectivity index (χ2n) is 5.16. The molecule has 6 heteroatoms. The summed E-state index contributed by atoms with van der Waals surface area (Å²) in [7, 11) is 0. The van der Waals surface area contributed by atoms with Gasteiger partial charge in [0.2, 0.25) is 0 Å². The van der Waals surface area contributed by atoms with Crippen molar-refractivity contribution < 1.29 is 17.9 Å². The summed E-state index contributed by atoms with van der Waals surface area (Å²) in [6.45, 7) is 3.79. The number of hydrogen-bond acceptors (Lipinski definition) is 2. The number of hydrogen-bond donors (Lipinski definition) is 0. The molecular weight excluding hydrogens is 335 g/mol. The summed E-state index contributed by atoms with van der Waals surface area (Å²) in [6, 6.07) is 5.09. The van der Waals surface area contributed by atoms with Crippen LogP contribution < -0.4 is 4.74 Å². The molecule has 20 heavy (non-hydrogen) atoms. The number of nitrogens with zero attached hydrogens (tertiary/aromatic N) is 1. The molecule has 2 nitrogen and oxygen atoms in total. The zero-order valence-corrected chi connectivity index (χ0v) is 12.8. The van der Waals surface area contributed by atoms with Gasteiger partial charge >= 0.3 is 6.36 Å². The second-order valence-corrected chi connectivity index (χ2v) is 6.07. The number of likely N-dealkylation sites (tertiary alicyclic amines) is 1. The fourth-order valence-electron chi connectivity index (χ4n) is 2.53. The molecule has 0 radical (unpaired) electrons. The average Bonchev–Trinajstić information content (AvgIpc) is 2.29. The van der Waals surface area contributed by atoms with Gasteiger partial charge in [0.1, 0.15) is 5.75 Å². The Bertz CT molecular complexity index is 464. The van der Waals surface area contributed by atoms with Crippen LogP contribution in [0.15, 0.2) is 22.7 Å². The minimum absolute atomic E-state index is 0.175. The molecule has 0 aromatic heterocycles. The Hall–Kier alpha value is -0.750. The van der Waals surface area contributed by atoms with E-state index in [1.165, 1.54) is 18.6 Å². The van der Waals surface area contributed by atoms with Crippen LogP contribution in [0.2, 0.25) is 0 Å². The Morgan fingerprint density at radius 3 is 2.70 bits per heavy atom. The normalized spacial score (nSPS) is 20.9. The summed E-state index contributed by atoms with van der Waals surface area (Å²) in [4.78, 5) is 2.29. The van der Waals surface area contributed by atoms with Gasteiger partial charge in [0.25, 0.3) is 0 Å². The van der Waals surface area contributed by atoms with Crippen LogP contribution in [-0.4, -0.2) is 23.8 Å². The van der Waals surface area contributed by atoms with Gasteiger partial charge in [-0.2, -0.15) is 0 Å². The topological polar surface area (TPSA) is 12.5 Å². The minimum Gasteiger partial charge on any atom is -0.406 e. The third-order valence-corrected chi connectivity index (χ3v) is 3.95. The molecule has 1 saturated heterocycles. The number of piperidine rings is 1. The highest BCUT2D eigenvalue weighted by atomic mass is 79.9. The second kappa shape index (κ2) is 6.35. The summed E-state index contributed by atoms with van der Waals surface area (Å²) in [5.74, 6) is -0.175. The standard InChI is InChI=1S/C14H17BrF3NO/c1-10-4-2-3-5-19(10)9-11-6-12(15)8-13(7-11)20-14(16,17)18/h6-8,10H,2-5,9H2,1H3. The maximum absolute atomic E-state index is 12.3. The first-order valence-corrected chi connectivity index (χ1v) is 7.42. The van der Waals surface area contributed by atoms with Gasteiger partial charge in [-0.3, -0.25) is 4.90 Å². The molecule has 1 aliphatic rings. The van der Waals surface area contributed by atoms with Gasteiger partial charge in [0.05, 0.1) is 0 Å². The minimum atomic E-state index is -4.66. The van der Waals surface area contributed by atoms with Crippen LogP contribution in [0.4, 0.5) is 13.2 Å². The van der Waals surface area contributed by atoms with Crippen molar-refractivity contribution in [2.45, 2.75) is 45.1 Å². The van der Waals surface area contributed by atoms with Crippen molar-refractivity contribution in [1.29, 1.82) is 0 Å². The molecule has 1 heterocycles. The quantitative estimate of drug-likeness (QED) is 0.780. The van der Waals surface area contributed by atoms with Crippen LogP contribution in [0, 0.1) is 0 Å². The molecule has 0 aliphatic carbocycles. The summed E-state index contributed by atoms with van der Waals surface area (Å²) < 4.78 is 41.4. The van der Waals surface area contributed by atoms with Gasteiger partial charge in [-0.15, -0.1) is 13.2 Å². The lowest BCUT2D eigenvalue weighted by Crippen LogP contribution is -2.36. The van der Waals surface area contributed by atoms with E-state index in [1.807, 2.05) is 6.07 Å². The fourth-order valence-corrected chi connectivity index (χ4v) is 3.05. The van der Waals surface area contributed by atoms with Crippen molar-refractivity contribution in [3.8, 4) is 5.75 Å².